The molecule has 32 heavy (non-hydrogen) atoms. The minimum atomic E-state index is -4.65. The number of hydrogen-bond donors (Lipinski definition) is 0. The number of ether oxygens (including phenoxy) is 1. The van der Waals surface area contributed by atoms with Gasteiger partial charge < -0.3 is 13.8 Å². The predicted octanol–water partition coefficient (Wildman–Crippen LogP) is -1.27. The van der Waals surface area contributed by atoms with Crippen LogP contribution in [0.4, 0.5) is 0 Å². The monoisotopic (exact) mass is 516 g/mol. The first-order valence-electron chi connectivity index (χ1n) is 11.6. The predicted molar refractivity (Wildman–Crippen MR) is 118 cm³/mol. The largest absolute Gasteiger partial charge is 1.00 e. The molecule has 0 aromatic carbocycles. The maximum Gasteiger partial charge on any atom is 1.00 e. The first-order valence-corrected chi connectivity index (χ1v) is 14.8. The maximum atomic E-state index is 10.8. The number of unbranched alkanes of at least 4 members (excludes halogenated alkanes) is 15. The van der Waals surface area contributed by atoms with Crippen LogP contribution in [0.2, 0.25) is 0 Å². The van der Waals surface area contributed by atoms with Crippen molar-refractivity contribution in [1.82, 2.24) is 0 Å². The molecule has 0 aliphatic carbocycles. The SMILES string of the molecule is CCCCCCCCCCCCCCCCCCOC(CS(=O)(=O)[O-])CS(=O)(=O)[O-].[Na+].[Na+]. The van der Waals surface area contributed by atoms with Crippen LogP contribution in [0.25, 0.3) is 0 Å². The molecule has 0 aliphatic heterocycles. The third-order valence-electron chi connectivity index (χ3n) is 5.13. The molecule has 0 spiro atoms. The van der Waals surface area contributed by atoms with E-state index in [1.54, 1.807) is 0 Å². The summed E-state index contributed by atoms with van der Waals surface area (Å²) in [4.78, 5) is 0. The van der Waals surface area contributed by atoms with Crippen LogP contribution in [-0.4, -0.2) is 50.2 Å². The van der Waals surface area contributed by atoms with Gasteiger partial charge in [-0.05, 0) is 6.42 Å². The van der Waals surface area contributed by atoms with E-state index in [4.69, 9.17) is 4.74 Å². The van der Waals surface area contributed by atoms with Crippen LogP contribution >= 0.6 is 0 Å². The van der Waals surface area contributed by atoms with Crippen molar-refractivity contribution < 1.29 is 89.8 Å². The zero-order valence-electron chi connectivity index (χ0n) is 20.7. The zero-order chi connectivity index (χ0) is 22.7. The smallest absolute Gasteiger partial charge is 0.748 e. The van der Waals surface area contributed by atoms with Crippen molar-refractivity contribution in [3.63, 3.8) is 0 Å². The van der Waals surface area contributed by atoms with Gasteiger partial charge in [-0.15, -0.1) is 0 Å². The van der Waals surface area contributed by atoms with Crippen molar-refractivity contribution in [2.24, 2.45) is 0 Å². The van der Waals surface area contributed by atoms with E-state index in [1.165, 1.54) is 77.0 Å². The molecule has 0 heterocycles. The van der Waals surface area contributed by atoms with Crippen molar-refractivity contribution in [3.8, 4) is 0 Å². The molecule has 182 valence electrons. The van der Waals surface area contributed by atoms with Crippen LogP contribution in [0.15, 0.2) is 0 Å². The zero-order valence-corrected chi connectivity index (χ0v) is 26.3. The fraction of sp³-hybridized carbons (Fsp3) is 1.00. The molecule has 7 nitrogen and oxygen atoms in total. The summed E-state index contributed by atoms with van der Waals surface area (Å²) in [5.41, 5.74) is 0. The van der Waals surface area contributed by atoms with Gasteiger partial charge in [-0.2, -0.15) is 0 Å². The van der Waals surface area contributed by atoms with Gasteiger partial charge in [0.15, 0.2) is 0 Å². The molecular weight excluding hydrogens is 474 g/mol. The Labute approximate surface area is 241 Å². The quantitative estimate of drug-likeness (QED) is 0.0999. The normalized spacial score (nSPS) is 11.9. The fourth-order valence-corrected chi connectivity index (χ4v) is 4.99. The molecular formula is C21H42Na2O7S2. The van der Waals surface area contributed by atoms with Crippen LogP contribution < -0.4 is 59.1 Å². The third-order valence-corrected chi connectivity index (χ3v) is 6.69. The Hall–Kier alpha value is 1.78. The standard InChI is InChI=1S/C21H44O7S2.2Na/c1-2-3-4-5-6-7-8-9-10-11-12-13-14-15-16-17-18-28-21(19-29(22,23)24)20-30(25,26)27;;/h21H,2-20H2,1H3,(H,22,23,24)(H,25,26,27);;/q;2*+1/p-2. The van der Waals surface area contributed by atoms with E-state index < -0.39 is 37.8 Å². The van der Waals surface area contributed by atoms with Gasteiger partial charge in [0.05, 0.1) is 37.8 Å². The first-order chi connectivity index (χ1) is 14.1. The van der Waals surface area contributed by atoms with E-state index in [0.29, 0.717) is 6.42 Å². The summed E-state index contributed by atoms with van der Waals surface area (Å²) in [6.45, 7) is 2.39. The Morgan fingerprint density at radius 2 is 0.844 bits per heavy atom. The van der Waals surface area contributed by atoms with E-state index in [0.717, 1.165) is 19.3 Å². The van der Waals surface area contributed by atoms with Crippen LogP contribution in [0.3, 0.4) is 0 Å². The van der Waals surface area contributed by atoms with Gasteiger partial charge in [0.2, 0.25) is 0 Å². The minimum Gasteiger partial charge on any atom is -0.748 e. The molecule has 0 fully saturated rings. The van der Waals surface area contributed by atoms with E-state index >= 15 is 0 Å². The summed E-state index contributed by atoms with van der Waals surface area (Å²) in [6, 6.07) is 0. The van der Waals surface area contributed by atoms with Gasteiger partial charge in [0, 0.05) is 6.61 Å². The molecule has 0 atom stereocenters. The Morgan fingerprint density at radius 3 is 1.12 bits per heavy atom. The fourth-order valence-electron chi connectivity index (χ4n) is 3.50. The molecule has 0 amide bonds. The molecule has 0 aliphatic rings. The second-order valence-electron chi connectivity index (χ2n) is 8.24. The average molecular weight is 517 g/mol. The number of hydrogen-bond acceptors (Lipinski definition) is 7. The van der Waals surface area contributed by atoms with E-state index in [2.05, 4.69) is 6.92 Å². The van der Waals surface area contributed by atoms with Crippen molar-refractivity contribution >= 4 is 20.2 Å². The van der Waals surface area contributed by atoms with Crippen LogP contribution in [0, 0.1) is 0 Å². The van der Waals surface area contributed by atoms with E-state index in [-0.39, 0.29) is 65.7 Å². The Kier molecular flexibility index (Phi) is 29.3. The van der Waals surface area contributed by atoms with Gasteiger partial charge in [0.1, 0.15) is 0 Å². The van der Waals surface area contributed by atoms with Crippen molar-refractivity contribution in [2.75, 3.05) is 18.1 Å². The second kappa shape index (κ2) is 24.5. The summed E-state index contributed by atoms with van der Waals surface area (Å²) in [7, 11) is -9.29. The molecule has 11 heteroatoms. The Balaban J connectivity index is -0.00000420. The second-order valence-corrected chi connectivity index (χ2v) is 11.1. The summed E-state index contributed by atoms with van der Waals surface area (Å²) in [5, 5.41) is 0. The van der Waals surface area contributed by atoms with Crippen LogP contribution in [0.1, 0.15) is 110 Å². The average Bonchev–Trinajstić information content (AvgIpc) is 2.61. The summed E-state index contributed by atoms with van der Waals surface area (Å²) < 4.78 is 69.8. The molecule has 0 saturated carbocycles. The molecule has 0 aromatic rings. The minimum absolute atomic E-state index is 0. The molecule has 0 rings (SSSR count). The van der Waals surface area contributed by atoms with Crippen molar-refractivity contribution in [2.45, 2.75) is 116 Å². The van der Waals surface area contributed by atoms with Crippen molar-refractivity contribution in [1.29, 1.82) is 0 Å². The molecule has 0 bridgehead atoms. The molecule has 0 aromatic heterocycles. The topological polar surface area (TPSA) is 124 Å². The summed E-state index contributed by atoms with van der Waals surface area (Å²) in [5.74, 6) is -1.99. The third kappa shape index (κ3) is 31.8. The molecule has 0 radical (unpaired) electrons. The Bertz CT molecular complexity index is 565. The van der Waals surface area contributed by atoms with Gasteiger partial charge in [0.25, 0.3) is 0 Å². The molecule has 0 saturated heterocycles. The van der Waals surface area contributed by atoms with E-state index in [9.17, 15) is 25.9 Å². The van der Waals surface area contributed by atoms with Crippen LogP contribution in [0.5, 0.6) is 0 Å². The van der Waals surface area contributed by atoms with Gasteiger partial charge in [-0.3, -0.25) is 0 Å². The van der Waals surface area contributed by atoms with Gasteiger partial charge in [-0.1, -0.05) is 103 Å². The summed E-state index contributed by atoms with van der Waals surface area (Å²) in [6.07, 6.45) is 18.2. The molecule has 0 unspecified atom stereocenters. The van der Waals surface area contributed by atoms with Gasteiger partial charge in [-0.25, -0.2) is 16.8 Å². The number of rotatable bonds is 22. The van der Waals surface area contributed by atoms with Gasteiger partial charge >= 0.3 is 59.1 Å². The molecule has 0 N–H and O–H groups in total. The summed E-state index contributed by atoms with van der Waals surface area (Å²) >= 11 is 0. The maximum absolute atomic E-state index is 10.8. The Morgan fingerprint density at radius 1 is 0.562 bits per heavy atom. The van der Waals surface area contributed by atoms with Crippen LogP contribution in [-0.2, 0) is 25.0 Å². The van der Waals surface area contributed by atoms with Crippen molar-refractivity contribution in [3.05, 3.63) is 0 Å². The van der Waals surface area contributed by atoms with E-state index in [1.807, 2.05) is 0 Å². The first kappa shape index (κ1) is 38.3.